The number of nitrogens with zero attached hydrogens (tertiary/aromatic N) is 2. The van der Waals surface area contributed by atoms with Crippen molar-refractivity contribution in [2.45, 2.75) is 139 Å². The maximum absolute atomic E-state index is 12.3. The Hall–Kier alpha value is -3.11. The fourth-order valence-corrected chi connectivity index (χ4v) is 7.52. The van der Waals surface area contributed by atoms with Gasteiger partial charge in [0.2, 0.25) is 0 Å². The number of Topliss-reactive ketones (excluding diaryl/α,β-unsaturated/α-hetero) is 1. The van der Waals surface area contributed by atoms with Crippen LogP contribution in [0.3, 0.4) is 0 Å². The third-order valence-corrected chi connectivity index (χ3v) is 12.4. The number of hydrogen-bond acceptors (Lipinski definition) is 7. The van der Waals surface area contributed by atoms with Gasteiger partial charge in [0.25, 0.3) is 0 Å². The van der Waals surface area contributed by atoms with Gasteiger partial charge in [0, 0.05) is 31.7 Å². The molecule has 0 spiro atoms. The number of halogens is 1. The number of aryl methyl sites for hydroxylation is 2. The van der Waals surface area contributed by atoms with Crippen LogP contribution < -0.4 is 0 Å². The SMILES string of the molecule is CC(=O)c1ccc(C(C)C)s1.CC(C)c1ccc(F)s1.CC(C)c1ccoc1.CC(C)c1ccsc1.Cc1ccc(C(C)C)s1.Cc1cn(C(C)C)cn1. The summed E-state index contributed by atoms with van der Waals surface area (Å²) in [5.74, 6) is 3.15. The van der Waals surface area contributed by atoms with Gasteiger partial charge in [-0.2, -0.15) is 15.7 Å². The van der Waals surface area contributed by atoms with Gasteiger partial charge in [-0.3, -0.25) is 4.79 Å². The third kappa shape index (κ3) is 20.0. The highest BCUT2D eigenvalue weighted by Gasteiger charge is 2.06. The zero-order chi connectivity index (χ0) is 41.0. The molecule has 6 heterocycles. The number of ketones is 1. The molecule has 0 atom stereocenters. The predicted molar refractivity (Wildman–Crippen MR) is 238 cm³/mol. The van der Waals surface area contributed by atoms with E-state index in [-0.39, 0.29) is 10.9 Å². The molecule has 0 aliphatic carbocycles. The first-order chi connectivity index (χ1) is 25.3. The number of carbonyl (C=O) groups excluding carboxylic acids is 1. The normalized spacial score (nSPS) is 10.6. The summed E-state index contributed by atoms with van der Waals surface area (Å²) in [4.78, 5) is 21.2. The predicted octanol–water partition coefficient (Wildman–Crippen LogP) is 16.3. The van der Waals surface area contributed by atoms with E-state index in [2.05, 4.69) is 129 Å². The van der Waals surface area contributed by atoms with Crippen molar-refractivity contribution in [3.8, 4) is 0 Å². The van der Waals surface area contributed by atoms with Gasteiger partial charge >= 0.3 is 0 Å². The van der Waals surface area contributed by atoms with Gasteiger partial charge < -0.3 is 8.98 Å². The first kappa shape index (κ1) is 48.9. The Labute approximate surface area is 342 Å². The van der Waals surface area contributed by atoms with Gasteiger partial charge in [-0.05, 0) is 135 Å². The highest BCUT2D eigenvalue weighted by atomic mass is 32.1. The molecule has 0 unspecified atom stereocenters. The Morgan fingerprint density at radius 3 is 1.48 bits per heavy atom. The minimum Gasteiger partial charge on any atom is -0.472 e. The maximum Gasteiger partial charge on any atom is 0.176 e. The van der Waals surface area contributed by atoms with Crippen LogP contribution in [0.4, 0.5) is 4.39 Å². The van der Waals surface area contributed by atoms with Crippen LogP contribution in [0.15, 0.2) is 88.8 Å². The molecule has 6 aromatic rings. The first-order valence-electron chi connectivity index (χ1n) is 18.8. The van der Waals surface area contributed by atoms with Crippen molar-refractivity contribution >= 4 is 51.1 Å². The van der Waals surface area contributed by atoms with E-state index in [1.165, 1.54) is 43.2 Å². The first-order valence-corrected chi connectivity index (χ1v) is 22.2. The number of aromatic nitrogens is 2. The Kier molecular flexibility index (Phi) is 23.4. The summed E-state index contributed by atoms with van der Waals surface area (Å²) in [7, 11) is 0. The van der Waals surface area contributed by atoms with E-state index in [4.69, 9.17) is 4.42 Å². The van der Waals surface area contributed by atoms with Crippen LogP contribution in [0, 0.1) is 19.0 Å². The van der Waals surface area contributed by atoms with Crippen molar-refractivity contribution in [1.29, 1.82) is 0 Å². The van der Waals surface area contributed by atoms with Crippen molar-refractivity contribution in [2.75, 3.05) is 0 Å². The summed E-state index contributed by atoms with van der Waals surface area (Å²) >= 11 is 6.49. The fraction of sp³-hybridized carbons (Fsp3) is 0.467. The van der Waals surface area contributed by atoms with Crippen molar-refractivity contribution < 1.29 is 13.6 Å². The standard InChI is InChI=1S/C9H12OS.C8H12S.C7H9FS.C7H12N2.C7H10O.C7H10S/c1-6(2)8-4-5-9(11-8)7(3)10;1-6(2)8-5-4-7(3)9-8;1-5(2)6-3-4-7(8)9-6;1-6(2)9-4-7(3)8-5-9;2*1-6(2)7-3-4-8-5-7/h4-6H,1-3H3;4-6H,1-3H3;3-5H,1-2H3;4-6H,1-3H3;2*3-6H,1-2H3. The van der Waals surface area contributed by atoms with Crippen LogP contribution in [-0.2, 0) is 0 Å². The topological polar surface area (TPSA) is 48.0 Å². The third-order valence-electron chi connectivity index (χ3n) is 7.78. The van der Waals surface area contributed by atoms with Gasteiger partial charge in [-0.1, -0.05) is 69.2 Å². The second-order valence-electron chi connectivity index (χ2n) is 14.8. The lowest BCUT2D eigenvalue weighted by molar-refractivity contribution is 0.102. The van der Waals surface area contributed by atoms with E-state index in [9.17, 15) is 9.18 Å². The smallest absolute Gasteiger partial charge is 0.176 e. The zero-order valence-corrected chi connectivity index (χ0v) is 38.5. The number of carbonyl (C=O) groups is 1. The molecule has 0 aliphatic heterocycles. The molecule has 0 bridgehead atoms. The summed E-state index contributed by atoms with van der Waals surface area (Å²) in [6, 6.07) is 16.4. The van der Waals surface area contributed by atoms with Crippen molar-refractivity contribution in [3.05, 3.63) is 131 Å². The second kappa shape index (κ2) is 25.9. The summed E-state index contributed by atoms with van der Waals surface area (Å²) in [5, 5.41) is 4.23. The Morgan fingerprint density at radius 1 is 0.685 bits per heavy atom. The van der Waals surface area contributed by atoms with Gasteiger partial charge in [-0.25, -0.2) is 4.98 Å². The van der Waals surface area contributed by atoms with E-state index >= 15 is 0 Å². The molecule has 0 aliphatic rings. The monoisotopic (exact) mass is 812 g/mol. The van der Waals surface area contributed by atoms with Gasteiger partial charge in [0.05, 0.1) is 29.4 Å². The van der Waals surface area contributed by atoms with Crippen molar-refractivity contribution in [1.82, 2.24) is 9.55 Å². The van der Waals surface area contributed by atoms with Gasteiger partial charge in [0.15, 0.2) is 10.9 Å². The van der Waals surface area contributed by atoms with Gasteiger partial charge in [0.1, 0.15) is 0 Å². The van der Waals surface area contributed by atoms with Gasteiger partial charge in [-0.15, -0.1) is 34.0 Å². The Morgan fingerprint density at radius 2 is 1.24 bits per heavy atom. The van der Waals surface area contributed by atoms with Crippen molar-refractivity contribution in [2.24, 2.45) is 0 Å². The summed E-state index contributed by atoms with van der Waals surface area (Å²) in [5.41, 5.74) is 3.81. The minimum absolute atomic E-state index is 0.0845. The van der Waals surface area contributed by atoms with E-state index < -0.39 is 0 Å². The molecular formula is C45H65FN2O2S4. The molecule has 54 heavy (non-hydrogen) atoms. The van der Waals surface area contributed by atoms with Crippen LogP contribution in [0.5, 0.6) is 0 Å². The van der Waals surface area contributed by atoms with E-state index in [0.29, 0.717) is 35.6 Å². The molecule has 0 saturated heterocycles. The molecule has 0 fully saturated rings. The van der Waals surface area contributed by atoms with Crippen LogP contribution in [0.2, 0.25) is 0 Å². The van der Waals surface area contributed by atoms with E-state index in [1.807, 2.05) is 55.1 Å². The molecule has 4 nitrogen and oxygen atoms in total. The number of rotatable bonds is 7. The molecular weight excluding hydrogens is 748 g/mol. The van der Waals surface area contributed by atoms with Crippen molar-refractivity contribution in [3.63, 3.8) is 0 Å². The van der Waals surface area contributed by atoms with Crippen LogP contribution >= 0.6 is 45.3 Å². The zero-order valence-electron chi connectivity index (χ0n) is 35.3. The lowest BCUT2D eigenvalue weighted by atomic mass is 10.1. The summed E-state index contributed by atoms with van der Waals surface area (Å²) in [6.07, 6.45) is 7.39. The molecule has 0 N–H and O–H groups in total. The molecule has 0 saturated carbocycles. The molecule has 6 rings (SSSR count). The summed E-state index contributed by atoms with van der Waals surface area (Å²) < 4.78 is 19.3. The Bertz CT molecular complexity index is 1660. The highest BCUT2D eigenvalue weighted by Crippen LogP contribution is 2.25. The van der Waals surface area contributed by atoms with E-state index in [1.54, 1.807) is 42.1 Å². The Balaban J connectivity index is 0.000000325. The second-order valence-corrected chi connectivity index (χ2v) is 19.1. The molecule has 0 amide bonds. The van der Waals surface area contributed by atoms with Crippen LogP contribution in [0.25, 0.3) is 0 Å². The summed E-state index contributed by atoms with van der Waals surface area (Å²) in [6.45, 7) is 31.6. The molecule has 6 aromatic heterocycles. The largest absolute Gasteiger partial charge is 0.472 e. The highest BCUT2D eigenvalue weighted by molar-refractivity contribution is 7.14. The van der Waals surface area contributed by atoms with Crippen LogP contribution in [0.1, 0.15) is 172 Å². The van der Waals surface area contributed by atoms with E-state index in [0.717, 1.165) is 15.4 Å². The maximum atomic E-state index is 12.3. The fourth-order valence-electron chi connectivity index (χ4n) is 4.18. The lowest BCUT2D eigenvalue weighted by Crippen LogP contribution is -1.95. The molecule has 9 heteroatoms. The molecule has 298 valence electrons. The molecule has 0 aromatic carbocycles. The van der Waals surface area contributed by atoms with Crippen LogP contribution in [-0.4, -0.2) is 15.3 Å². The molecule has 0 radical (unpaired) electrons. The quantitative estimate of drug-likeness (QED) is 0.151. The lowest BCUT2D eigenvalue weighted by Gasteiger charge is -2.02. The number of furan rings is 1. The average Bonchev–Trinajstić information content (AvgIpc) is 3.93. The number of imidazole rings is 1. The number of thiophene rings is 4. The average molecular weight is 813 g/mol. The number of hydrogen-bond donors (Lipinski definition) is 0. The minimum atomic E-state index is -0.0845.